The molecule has 0 fully saturated rings. The summed E-state index contributed by atoms with van der Waals surface area (Å²) in [6.45, 7) is 0.909. The van der Waals surface area contributed by atoms with E-state index in [1.165, 1.54) is 17.0 Å². The summed E-state index contributed by atoms with van der Waals surface area (Å²) in [5, 5.41) is 0.445. The van der Waals surface area contributed by atoms with Gasteiger partial charge in [-0.2, -0.15) is 0 Å². The molecule has 0 aliphatic heterocycles. The number of aromatic nitrogens is 2. The Morgan fingerprint density at radius 3 is 3.08 bits per heavy atom. The highest BCUT2D eigenvalue weighted by Crippen LogP contribution is 2.00. The van der Waals surface area contributed by atoms with Gasteiger partial charge < -0.3 is 5.73 Å². The van der Waals surface area contributed by atoms with Crippen molar-refractivity contribution in [3.8, 4) is 0 Å². The topological polar surface area (TPSA) is 60.9 Å². The van der Waals surface area contributed by atoms with E-state index in [4.69, 9.17) is 17.3 Å². The Hall–Kier alpha value is -1.13. The van der Waals surface area contributed by atoms with Crippen LogP contribution in [0.2, 0.25) is 5.02 Å². The summed E-state index contributed by atoms with van der Waals surface area (Å²) in [5.41, 5.74) is 4.93. The maximum absolute atomic E-state index is 11.1. The molecule has 0 bridgehead atoms. The minimum atomic E-state index is -0.314. The molecule has 0 aromatic carbocycles. The van der Waals surface area contributed by atoms with Crippen molar-refractivity contribution in [3.05, 3.63) is 40.1 Å². The number of hydrogen-bond donors (Lipinski definition) is 1. The minimum absolute atomic E-state index is 0.314. The Balaban J connectivity index is 2.82. The zero-order chi connectivity index (χ0) is 9.68. The van der Waals surface area contributed by atoms with Crippen LogP contribution >= 0.6 is 11.6 Å². The zero-order valence-corrected chi connectivity index (χ0v) is 7.74. The molecule has 13 heavy (non-hydrogen) atoms. The van der Waals surface area contributed by atoms with Crippen molar-refractivity contribution in [2.75, 3.05) is 6.54 Å². The van der Waals surface area contributed by atoms with Crippen LogP contribution in [-0.2, 0) is 6.54 Å². The van der Waals surface area contributed by atoms with E-state index in [1.807, 2.05) is 0 Å². The fourth-order valence-electron chi connectivity index (χ4n) is 0.844. The Kier molecular flexibility index (Phi) is 3.67. The quantitative estimate of drug-likeness (QED) is 0.718. The molecule has 2 N–H and O–H groups in total. The van der Waals surface area contributed by atoms with Crippen LogP contribution < -0.4 is 11.4 Å². The largest absolute Gasteiger partial charge is 0.347 e. The third kappa shape index (κ3) is 3.01. The molecule has 1 aromatic heterocycles. The molecule has 0 spiro atoms. The maximum Gasteiger partial charge on any atom is 0.347 e. The Labute approximate surface area is 80.7 Å². The van der Waals surface area contributed by atoms with Gasteiger partial charge in [0.1, 0.15) is 0 Å². The van der Waals surface area contributed by atoms with Crippen molar-refractivity contribution in [2.45, 2.75) is 6.54 Å². The minimum Gasteiger partial charge on any atom is -0.327 e. The number of nitrogens with zero attached hydrogens (tertiary/aromatic N) is 2. The standard InChI is InChI=1S/C8H10ClN3O/c9-7-5-11-8(13)12(6-7)4-2-1-3-10/h1-2,5-6H,3-4,10H2/b2-1+. The molecule has 0 aliphatic rings. The van der Waals surface area contributed by atoms with Gasteiger partial charge in [-0.15, -0.1) is 0 Å². The lowest BCUT2D eigenvalue weighted by Gasteiger charge is -1.99. The molecule has 0 saturated heterocycles. The average Bonchev–Trinajstić information content (AvgIpc) is 2.11. The second kappa shape index (κ2) is 4.79. The van der Waals surface area contributed by atoms with Gasteiger partial charge in [-0.25, -0.2) is 9.78 Å². The van der Waals surface area contributed by atoms with Crippen molar-refractivity contribution in [1.29, 1.82) is 0 Å². The van der Waals surface area contributed by atoms with Crippen molar-refractivity contribution in [3.63, 3.8) is 0 Å². The van der Waals surface area contributed by atoms with E-state index >= 15 is 0 Å². The predicted octanol–water partition coefficient (Wildman–Crippen LogP) is 0.412. The molecule has 5 heteroatoms. The summed E-state index contributed by atoms with van der Waals surface area (Å²) in [5.74, 6) is 0. The van der Waals surface area contributed by atoms with Crippen molar-refractivity contribution in [1.82, 2.24) is 9.55 Å². The Morgan fingerprint density at radius 1 is 1.62 bits per heavy atom. The van der Waals surface area contributed by atoms with Crippen molar-refractivity contribution in [2.24, 2.45) is 5.73 Å². The lowest BCUT2D eigenvalue weighted by atomic mass is 10.5. The monoisotopic (exact) mass is 199 g/mol. The van der Waals surface area contributed by atoms with E-state index < -0.39 is 0 Å². The van der Waals surface area contributed by atoms with Crippen LogP contribution in [0.15, 0.2) is 29.3 Å². The lowest BCUT2D eigenvalue weighted by molar-refractivity contribution is 0.742. The molecule has 4 nitrogen and oxygen atoms in total. The zero-order valence-electron chi connectivity index (χ0n) is 6.98. The van der Waals surface area contributed by atoms with Gasteiger partial charge in [0.05, 0.1) is 11.2 Å². The highest BCUT2D eigenvalue weighted by Gasteiger charge is 1.94. The molecule has 0 atom stereocenters. The van der Waals surface area contributed by atoms with E-state index in [1.54, 1.807) is 12.2 Å². The van der Waals surface area contributed by atoms with Crippen molar-refractivity contribution >= 4 is 11.6 Å². The first-order chi connectivity index (χ1) is 6.24. The summed E-state index contributed by atoms with van der Waals surface area (Å²) >= 11 is 5.66. The first-order valence-electron chi connectivity index (χ1n) is 3.81. The molecule has 1 heterocycles. The van der Waals surface area contributed by atoms with Crippen LogP contribution in [0.3, 0.4) is 0 Å². The Morgan fingerprint density at radius 2 is 2.38 bits per heavy atom. The van der Waals surface area contributed by atoms with Gasteiger partial charge >= 0.3 is 5.69 Å². The van der Waals surface area contributed by atoms with Gasteiger partial charge in [0, 0.05) is 19.3 Å². The molecular formula is C8H10ClN3O. The van der Waals surface area contributed by atoms with E-state index in [2.05, 4.69) is 4.98 Å². The highest BCUT2D eigenvalue weighted by atomic mass is 35.5. The van der Waals surface area contributed by atoms with Gasteiger partial charge in [0.15, 0.2) is 0 Å². The smallest absolute Gasteiger partial charge is 0.327 e. The van der Waals surface area contributed by atoms with Crippen LogP contribution in [0.25, 0.3) is 0 Å². The molecule has 0 saturated carbocycles. The second-order valence-electron chi connectivity index (χ2n) is 2.41. The summed E-state index contributed by atoms with van der Waals surface area (Å²) in [4.78, 5) is 14.7. The lowest BCUT2D eigenvalue weighted by Crippen LogP contribution is -2.21. The summed E-state index contributed by atoms with van der Waals surface area (Å²) < 4.78 is 1.41. The molecule has 0 radical (unpaired) electrons. The fraction of sp³-hybridized carbons (Fsp3) is 0.250. The van der Waals surface area contributed by atoms with Gasteiger partial charge in [-0.1, -0.05) is 23.8 Å². The normalized spacial score (nSPS) is 10.9. The molecular weight excluding hydrogens is 190 g/mol. The number of nitrogens with two attached hydrogens (primary N) is 1. The summed E-state index contributed by atoms with van der Waals surface area (Å²) in [6, 6.07) is 0. The molecule has 0 unspecified atom stereocenters. The molecule has 70 valence electrons. The third-order valence-electron chi connectivity index (χ3n) is 1.43. The van der Waals surface area contributed by atoms with E-state index in [0.717, 1.165) is 0 Å². The molecule has 1 aromatic rings. The summed E-state index contributed by atoms with van der Waals surface area (Å²) in [7, 11) is 0. The van der Waals surface area contributed by atoms with E-state index in [9.17, 15) is 4.79 Å². The van der Waals surface area contributed by atoms with Gasteiger partial charge in [0.2, 0.25) is 0 Å². The number of allylic oxidation sites excluding steroid dienone is 1. The fourth-order valence-corrected chi connectivity index (χ4v) is 1.01. The molecule has 0 amide bonds. The van der Waals surface area contributed by atoms with Crippen LogP contribution in [0, 0.1) is 0 Å². The van der Waals surface area contributed by atoms with Gasteiger partial charge in [-0.05, 0) is 0 Å². The first-order valence-corrected chi connectivity index (χ1v) is 4.19. The first kappa shape index (κ1) is 9.95. The van der Waals surface area contributed by atoms with Crippen LogP contribution in [0.1, 0.15) is 0 Å². The van der Waals surface area contributed by atoms with Crippen molar-refractivity contribution < 1.29 is 0 Å². The highest BCUT2D eigenvalue weighted by molar-refractivity contribution is 6.30. The third-order valence-corrected chi connectivity index (χ3v) is 1.62. The number of rotatable bonds is 3. The number of halogens is 1. The van der Waals surface area contributed by atoms with Crippen LogP contribution in [0.5, 0.6) is 0 Å². The van der Waals surface area contributed by atoms with Crippen LogP contribution in [0.4, 0.5) is 0 Å². The Bertz CT molecular complexity index is 359. The van der Waals surface area contributed by atoms with Gasteiger partial charge in [-0.3, -0.25) is 4.57 Å². The van der Waals surface area contributed by atoms with Crippen LogP contribution in [-0.4, -0.2) is 16.1 Å². The second-order valence-corrected chi connectivity index (χ2v) is 2.85. The maximum atomic E-state index is 11.1. The predicted molar refractivity (Wildman–Crippen MR) is 51.7 cm³/mol. The van der Waals surface area contributed by atoms with E-state index in [0.29, 0.717) is 18.1 Å². The van der Waals surface area contributed by atoms with E-state index in [-0.39, 0.29) is 5.69 Å². The average molecular weight is 200 g/mol. The molecule has 0 aliphatic carbocycles. The SMILES string of the molecule is NC/C=C/Cn1cc(Cl)cnc1=O. The molecule has 1 rings (SSSR count). The summed E-state index contributed by atoms with van der Waals surface area (Å²) in [6.07, 6.45) is 6.43. The van der Waals surface area contributed by atoms with Gasteiger partial charge in [0.25, 0.3) is 0 Å². The number of hydrogen-bond acceptors (Lipinski definition) is 3.